The molecule has 0 aliphatic carbocycles. The summed E-state index contributed by atoms with van der Waals surface area (Å²) in [5.74, 6) is 0.0132. The van der Waals surface area contributed by atoms with Crippen molar-refractivity contribution in [3.8, 4) is 0 Å². The zero-order valence-electron chi connectivity index (χ0n) is 17.1. The molecule has 1 heterocycles. The summed E-state index contributed by atoms with van der Waals surface area (Å²) in [6.45, 7) is 4.24. The van der Waals surface area contributed by atoms with Gasteiger partial charge < -0.3 is 9.64 Å². The number of hydrogen-bond donors (Lipinski definition) is 0. The number of hydrogen-bond acceptors (Lipinski definition) is 3. The fourth-order valence-corrected chi connectivity index (χ4v) is 3.70. The molecule has 0 amide bonds. The monoisotopic (exact) mass is 353 g/mol. The van der Waals surface area contributed by atoms with Gasteiger partial charge >= 0.3 is 5.97 Å². The van der Waals surface area contributed by atoms with Gasteiger partial charge in [-0.3, -0.25) is 4.79 Å². The first-order chi connectivity index (χ1) is 12.2. The summed E-state index contributed by atoms with van der Waals surface area (Å²) in [6, 6.07) is 0. The highest BCUT2D eigenvalue weighted by Gasteiger charge is 2.22. The van der Waals surface area contributed by atoms with E-state index in [1.165, 1.54) is 83.5 Å². The Kier molecular flexibility index (Phi) is 14.1. The average Bonchev–Trinajstić information content (AvgIpc) is 3.00. The van der Waals surface area contributed by atoms with Gasteiger partial charge in [0.15, 0.2) is 0 Å². The molecule has 1 fully saturated rings. The van der Waals surface area contributed by atoms with Gasteiger partial charge in [-0.05, 0) is 19.9 Å². The Morgan fingerprint density at radius 3 is 1.76 bits per heavy atom. The molecule has 0 bridgehead atoms. The van der Waals surface area contributed by atoms with Crippen LogP contribution in [-0.4, -0.2) is 37.1 Å². The van der Waals surface area contributed by atoms with E-state index in [1.807, 2.05) is 0 Å². The highest BCUT2D eigenvalue weighted by atomic mass is 16.5. The van der Waals surface area contributed by atoms with Gasteiger partial charge in [0.05, 0.1) is 0 Å². The maximum Gasteiger partial charge on any atom is 0.306 e. The number of ether oxygens (including phenoxy) is 1. The van der Waals surface area contributed by atoms with Crippen molar-refractivity contribution in [3.63, 3.8) is 0 Å². The molecule has 3 nitrogen and oxygen atoms in total. The number of likely N-dealkylation sites (tertiary alicyclic amines) is 1. The van der Waals surface area contributed by atoms with Gasteiger partial charge in [0, 0.05) is 19.5 Å². The molecule has 0 aromatic rings. The summed E-state index contributed by atoms with van der Waals surface area (Å²) >= 11 is 0. The van der Waals surface area contributed by atoms with Crippen molar-refractivity contribution in [1.82, 2.24) is 4.90 Å². The van der Waals surface area contributed by atoms with Crippen LogP contribution in [0, 0.1) is 0 Å². The van der Waals surface area contributed by atoms with Gasteiger partial charge in [-0.25, -0.2) is 0 Å². The number of likely N-dealkylation sites (N-methyl/N-ethyl adjacent to an activating group) is 1. The van der Waals surface area contributed by atoms with E-state index in [1.54, 1.807) is 0 Å². The molecule has 148 valence electrons. The molecular weight excluding hydrogens is 310 g/mol. The lowest BCUT2D eigenvalue weighted by molar-refractivity contribution is -0.148. The summed E-state index contributed by atoms with van der Waals surface area (Å²) in [5, 5.41) is 0. The van der Waals surface area contributed by atoms with Crippen LogP contribution in [0.25, 0.3) is 0 Å². The molecule has 1 rings (SSSR count). The first kappa shape index (κ1) is 22.5. The first-order valence-corrected chi connectivity index (χ1v) is 11.1. The van der Waals surface area contributed by atoms with Gasteiger partial charge in [-0.15, -0.1) is 0 Å². The van der Waals surface area contributed by atoms with E-state index in [0.29, 0.717) is 6.42 Å². The highest BCUT2D eigenvalue weighted by molar-refractivity contribution is 5.69. The van der Waals surface area contributed by atoms with Gasteiger partial charge in [-0.1, -0.05) is 90.4 Å². The molecule has 0 N–H and O–H groups in total. The molecule has 0 saturated carbocycles. The van der Waals surface area contributed by atoms with Gasteiger partial charge in [-0.2, -0.15) is 0 Å². The Morgan fingerprint density at radius 1 is 0.840 bits per heavy atom. The van der Waals surface area contributed by atoms with Crippen LogP contribution in [0.3, 0.4) is 0 Å². The van der Waals surface area contributed by atoms with Gasteiger partial charge in [0.25, 0.3) is 0 Å². The number of carbonyl (C=O) groups is 1. The number of nitrogens with zero attached hydrogens (tertiary/aromatic N) is 1. The number of carbonyl (C=O) groups excluding carboxylic acids is 1. The molecule has 0 aromatic heterocycles. The third kappa shape index (κ3) is 13.3. The molecule has 1 aliphatic heterocycles. The minimum absolute atomic E-state index is 0.0132. The number of unbranched alkanes of at least 4 members (excludes halogenated alkanes) is 13. The van der Waals surface area contributed by atoms with Gasteiger partial charge in [0.1, 0.15) is 6.10 Å². The second-order valence-corrected chi connectivity index (χ2v) is 8.01. The summed E-state index contributed by atoms with van der Waals surface area (Å²) in [7, 11) is 2.08. The third-order valence-corrected chi connectivity index (χ3v) is 5.38. The van der Waals surface area contributed by atoms with E-state index in [9.17, 15) is 4.79 Å². The van der Waals surface area contributed by atoms with E-state index in [4.69, 9.17) is 4.74 Å². The third-order valence-electron chi connectivity index (χ3n) is 5.38. The minimum atomic E-state index is 0.0132. The Balaban J connectivity index is 1.75. The second kappa shape index (κ2) is 15.7. The molecule has 0 aromatic carbocycles. The predicted molar refractivity (Wildman–Crippen MR) is 107 cm³/mol. The molecule has 0 spiro atoms. The Hall–Kier alpha value is -0.570. The second-order valence-electron chi connectivity index (χ2n) is 8.01. The Morgan fingerprint density at radius 2 is 1.32 bits per heavy atom. The fourth-order valence-electron chi connectivity index (χ4n) is 3.70. The van der Waals surface area contributed by atoms with Crippen molar-refractivity contribution in [2.24, 2.45) is 0 Å². The van der Waals surface area contributed by atoms with Crippen molar-refractivity contribution >= 4 is 5.97 Å². The topological polar surface area (TPSA) is 29.5 Å². The maximum absolute atomic E-state index is 11.8. The Labute approximate surface area is 156 Å². The summed E-state index contributed by atoms with van der Waals surface area (Å²) < 4.78 is 5.51. The van der Waals surface area contributed by atoms with Crippen molar-refractivity contribution in [2.75, 3.05) is 20.1 Å². The molecule has 3 heteroatoms. The Bertz CT molecular complexity index is 319. The number of esters is 1. The van der Waals surface area contributed by atoms with Crippen molar-refractivity contribution in [2.45, 2.75) is 116 Å². The minimum Gasteiger partial charge on any atom is -0.461 e. The van der Waals surface area contributed by atoms with E-state index in [2.05, 4.69) is 18.9 Å². The largest absolute Gasteiger partial charge is 0.461 e. The van der Waals surface area contributed by atoms with Crippen LogP contribution in [0.1, 0.15) is 110 Å². The molecular formula is C22H43NO2. The van der Waals surface area contributed by atoms with E-state index >= 15 is 0 Å². The van der Waals surface area contributed by atoms with E-state index in [-0.39, 0.29) is 12.1 Å². The zero-order valence-corrected chi connectivity index (χ0v) is 17.1. The predicted octanol–water partition coefficient (Wildman–Crippen LogP) is 6.11. The lowest BCUT2D eigenvalue weighted by Gasteiger charge is -2.12. The fraction of sp³-hybridized carbons (Fsp3) is 0.955. The normalized spacial score (nSPS) is 17.9. The van der Waals surface area contributed by atoms with E-state index in [0.717, 1.165) is 25.9 Å². The molecule has 1 unspecified atom stereocenters. The molecule has 0 radical (unpaired) electrons. The lowest BCUT2D eigenvalue weighted by atomic mass is 10.0. The van der Waals surface area contributed by atoms with E-state index < -0.39 is 0 Å². The highest BCUT2D eigenvalue weighted by Crippen LogP contribution is 2.15. The molecule has 1 atom stereocenters. The SMILES string of the molecule is CCCCCCCCCCCCCCCCC(=O)OC1CCN(C)C1. The van der Waals surface area contributed by atoms with Crippen molar-refractivity contribution < 1.29 is 9.53 Å². The molecule has 25 heavy (non-hydrogen) atoms. The average molecular weight is 354 g/mol. The summed E-state index contributed by atoms with van der Waals surface area (Å²) in [6.07, 6.45) is 20.6. The molecule has 1 saturated heterocycles. The molecule has 1 aliphatic rings. The number of rotatable bonds is 16. The van der Waals surface area contributed by atoms with Crippen LogP contribution in [-0.2, 0) is 9.53 Å². The van der Waals surface area contributed by atoms with Crippen molar-refractivity contribution in [1.29, 1.82) is 0 Å². The van der Waals surface area contributed by atoms with Crippen LogP contribution in [0.4, 0.5) is 0 Å². The van der Waals surface area contributed by atoms with Gasteiger partial charge in [0.2, 0.25) is 0 Å². The zero-order chi connectivity index (χ0) is 18.2. The smallest absolute Gasteiger partial charge is 0.306 e. The quantitative estimate of drug-likeness (QED) is 0.248. The van der Waals surface area contributed by atoms with Crippen LogP contribution < -0.4 is 0 Å². The maximum atomic E-state index is 11.8. The van der Waals surface area contributed by atoms with Crippen LogP contribution >= 0.6 is 0 Å². The van der Waals surface area contributed by atoms with Crippen LogP contribution in [0.5, 0.6) is 0 Å². The van der Waals surface area contributed by atoms with Crippen LogP contribution in [0.2, 0.25) is 0 Å². The van der Waals surface area contributed by atoms with Crippen LogP contribution in [0.15, 0.2) is 0 Å². The lowest BCUT2D eigenvalue weighted by Crippen LogP contribution is -2.22. The standard InChI is InChI=1S/C22H43NO2/c1-3-4-5-6-7-8-9-10-11-12-13-14-15-16-17-22(24)25-21-18-19-23(2)20-21/h21H,3-20H2,1-2H3. The van der Waals surface area contributed by atoms with Crippen molar-refractivity contribution in [3.05, 3.63) is 0 Å². The first-order valence-electron chi connectivity index (χ1n) is 11.1. The summed E-state index contributed by atoms with van der Waals surface area (Å²) in [4.78, 5) is 14.0. The summed E-state index contributed by atoms with van der Waals surface area (Å²) in [5.41, 5.74) is 0.